The summed E-state index contributed by atoms with van der Waals surface area (Å²) < 4.78 is 27.8. The Morgan fingerprint density at radius 3 is 2.45 bits per heavy atom. The van der Waals surface area contributed by atoms with Crippen LogP contribution in [0.1, 0.15) is 52.4 Å². The molecule has 0 spiro atoms. The highest BCUT2D eigenvalue weighted by molar-refractivity contribution is 7.90. The molecule has 1 aliphatic heterocycles. The zero-order valence-electron chi connectivity index (χ0n) is 13.7. The molecule has 0 aromatic carbocycles. The number of hydrogen-bond donors (Lipinski definition) is 2. The van der Waals surface area contributed by atoms with Crippen LogP contribution in [-0.2, 0) is 14.8 Å². The topological polar surface area (TPSA) is 92.5 Å². The Balaban J connectivity index is 2.01. The van der Waals surface area contributed by atoms with Gasteiger partial charge in [0.15, 0.2) is 0 Å². The Morgan fingerprint density at radius 2 is 1.86 bits per heavy atom. The highest BCUT2D eigenvalue weighted by Crippen LogP contribution is 2.28. The summed E-state index contributed by atoms with van der Waals surface area (Å²) in [4.78, 5) is 14.3. The number of nitrogens with two attached hydrogens (primary N) is 1. The molecule has 3 N–H and O–H groups in total. The van der Waals surface area contributed by atoms with E-state index in [4.69, 9.17) is 5.73 Å². The van der Waals surface area contributed by atoms with Gasteiger partial charge in [0.05, 0.1) is 5.25 Å². The lowest BCUT2D eigenvalue weighted by Crippen LogP contribution is -2.55. The van der Waals surface area contributed by atoms with E-state index in [2.05, 4.69) is 4.72 Å². The number of sulfonamides is 1. The normalized spacial score (nSPS) is 24.7. The Labute approximate surface area is 133 Å². The second kappa shape index (κ2) is 6.84. The van der Waals surface area contributed by atoms with E-state index in [1.807, 2.05) is 0 Å². The lowest BCUT2D eigenvalue weighted by molar-refractivity contribution is -0.136. The molecular formula is C15H29N3O3S. The van der Waals surface area contributed by atoms with Crippen molar-refractivity contribution in [2.45, 2.75) is 63.2 Å². The minimum Gasteiger partial charge on any atom is -0.341 e. The van der Waals surface area contributed by atoms with Crippen LogP contribution in [0, 0.1) is 5.92 Å². The van der Waals surface area contributed by atoms with Crippen LogP contribution in [0.15, 0.2) is 0 Å². The maximum Gasteiger partial charge on any atom is 0.225 e. The summed E-state index contributed by atoms with van der Waals surface area (Å²) in [5.41, 5.74) is 4.95. The SMILES string of the molecule is CC(C)(CN)NS(=O)(=O)C1CCCN(C(=O)C2CCCC2)C1. The molecule has 2 rings (SSSR count). The molecule has 2 fully saturated rings. The van der Waals surface area contributed by atoms with Crippen molar-refractivity contribution in [2.24, 2.45) is 11.7 Å². The summed E-state index contributed by atoms with van der Waals surface area (Å²) in [7, 11) is -3.47. The lowest BCUT2D eigenvalue weighted by Gasteiger charge is -2.35. The highest BCUT2D eigenvalue weighted by atomic mass is 32.2. The van der Waals surface area contributed by atoms with Gasteiger partial charge in [-0.15, -0.1) is 0 Å². The molecule has 0 bridgehead atoms. The molecule has 0 radical (unpaired) electrons. The summed E-state index contributed by atoms with van der Waals surface area (Å²) in [6, 6.07) is 0. The zero-order chi connectivity index (χ0) is 16.4. The number of carbonyl (C=O) groups is 1. The van der Waals surface area contributed by atoms with Crippen LogP contribution in [0.5, 0.6) is 0 Å². The molecule has 7 heteroatoms. The number of piperidine rings is 1. The van der Waals surface area contributed by atoms with Crippen molar-refractivity contribution in [3.63, 3.8) is 0 Å². The molecular weight excluding hydrogens is 302 g/mol. The lowest BCUT2D eigenvalue weighted by atomic mass is 10.0. The van der Waals surface area contributed by atoms with Crippen molar-refractivity contribution in [3.05, 3.63) is 0 Å². The van der Waals surface area contributed by atoms with Crippen molar-refractivity contribution >= 4 is 15.9 Å². The third-order valence-corrected chi connectivity index (χ3v) is 6.86. The van der Waals surface area contributed by atoms with Crippen LogP contribution in [0.25, 0.3) is 0 Å². The summed E-state index contributed by atoms with van der Waals surface area (Å²) in [5, 5.41) is -0.530. The van der Waals surface area contributed by atoms with E-state index in [1.54, 1.807) is 18.7 Å². The molecule has 1 amide bonds. The first kappa shape index (κ1) is 17.7. The summed E-state index contributed by atoms with van der Waals surface area (Å²) >= 11 is 0. The fourth-order valence-electron chi connectivity index (χ4n) is 3.33. The third kappa shape index (κ3) is 4.20. The predicted molar refractivity (Wildman–Crippen MR) is 86.7 cm³/mol. The van der Waals surface area contributed by atoms with Crippen LogP contribution < -0.4 is 10.5 Å². The van der Waals surface area contributed by atoms with Gasteiger partial charge in [-0.25, -0.2) is 13.1 Å². The zero-order valence-corrected chi connectivity index (χ0v) is 14.5. The molecule has 1 saturated heterocycles. The van der Waals surface area contributed by atoms with Gasteiger partial charge in [0.25, 0.3) is 0 Å². The monoisotopic (exact) mass is 331 g/mol. The number of amides is 1. The number of nitrogens with one attached hydrogen (secondary N) is 1. The van der Waals surface area contributed by atoms with E-state index in [9.17, 15) is 13.2 Å². The third-order valence-electron chi connectivity index (χ3n) is 4.76. The van der Waals surface area contributed by atoms with Crippen LogP contribution in [0.2, 0.25) is 0 Å². The Hall–Kier alpha value is -0.660. The first-order chi connectivity index (χ1) is 10.2. The fraction of sp³-hybridized carbons (Fsp3) is 0.933. The molecule has 1 aliphatic carbocycles. The molecule has 2 aliphatic rings. The minimum absolute atomic E-state index is 0.106. The average Bonchev–Trinajstić information content (AvgIpc) is 3.00. The van der Waals surface area contributed by atoms with E-state index in [0.717, 1.165) is 32.1 Å². The average molecular weight is 331 g/mol. The molecule has 22 heavy (non-hydrogen) atoms. The largest absolute Gasteiger partial charge is 0.341 e. The number of likely N-dealkylation sites (tertiary alicyclic amines) is 1. The molecule has 128 valence electrons. The van der Waals surface area contributed by atoms with Gasteiger partial charge in [0, 0.05) is 31.1 Å². The molecule has 0 aromatic heterocycles. The first-order valence-corrected chi connectivity index (χ1v) is 9.81. The van der Waals surface area contributed by atoms with Gasteiger partial charge < -0.3 is 10.6 Å². The number of nitrogens with zero attached hydrogens (tertiary/aromatic N) is 1. The first-order valence-electron chi connectivity index (χ1n) is 8.27. The second-order valence-corrected chi connectivity index (χ2v) is 9.23. The molecule has 0 aromatic rings. The van der Waals surface area contributed by atoms with Crippen LogP contribution in [-0.4, -0.2) is 49.6 Å². The van der Waals surface area contributed by atoms with Crippen LogP contribution >= 0.6 is 0 Å². The van der Waals surface area contributed by atoms with Crippen molar-refractivity contribution in [3.8, 4) is 0 Å². The molecule has 1 saturated carbocycles. The van der Waals surface area contributed by atoms with Crippen molar-refractivity contribution in [2.75, 3.05) is 19.6 Å². The van der Waals surface area contributed by atoms with Crippen LogP contribution in [0.3, 0.4) is 0 Å². The molecule has 1 unspecified atom stereocenters. The van der Waals surface area contributed by atoms with Gasteiger partial charge in [-0.05, 0) is 39.5 Å². The van der Waals surface area contributed by atoms with Gasteiger partial charge in [-0.3, -0.25) is 4.79 Å². The number of carbonyl (C=O) groups excluding carboxylic acids is 1. The fourth-order valence-corrected chi connectivity index (χ4v) is 5.21. The number of rotatable bonds is 5. The summed E-state index contributed by atoms with van der Waals surface area (Å²) in [6.07, 6.45) is 5.46. The predicted octanol–water partition coefficient (Wildman–Crippen LogP) is 0.824. The van der Waals surface area contributed by atoms with Gasteiger partial charge in [-0.2, -0.15) is 0 Å². The summed E-state index contributed by atoms with van der Waals surface area (Å²) in [6.45, 7) is 4.78. The highest BCUT2D eigenvalue weighted by Gasteiger charge is 2.37. The number of hydrogen-bond acceptors (Lipinski definition) is 4. The van der Waals surface area contributed by atoms with Gasteiger partial charge in [0.2, 0.25) is 15.9 Å². The van der Waals surface area contributed by atoms with Crippen molar-refractivity contribution in [1.82, 2.24) is 9.62 Å². The quantitative estimate of drug-likeness (QED) is 0.780. The molecule has 1 heterocycles. The van der Waals surface area contributed by atoms with E-state index in [1.165, 1.54) is 0 Å². The Morgan fingerprint density at radius 1 is 1.23 bits per heavy atom. The smallest absolute Gasteiger partial charge is 0.225 e. The van der Waals surface area contributed by atoms with Crippen molar-refractivity contribution < 1.29 is 13.2 Å². The van der Waals surface area contributed by atoms with Crippen LogP contribution in [0.4, 0.5) is 0 Å². The van der Waals surface area contributed by atoms with Gasteiger partial charge in [-0.1, -0.05) is 12.8 Å². The maximum atomic E-state index is 12.5. The summed E-state index contributed by atoms with van der Waals surface area (Å²) in [5.74, 6) is 0.255. The minimum atomic E-state index is -3.47. The van der Waals surface area contributed by atoms with Gasteiger partial charge >= 0.3 is 0 Å². The Bertz CT molecular complexity index is 498. The maximum absolute atomic E-state index is 12.5. The van der Waals surface area contributed by atoms with Gasteiger partial charge in [0.1, 0.15) is 0 Å². The van der Waals surface area contributed by atoms with E-state index >= 15 is 0 Å². The van der Waals surface area contributed by atoms with E-state index in [0.29, 0.717) is 19.5 Å². The second-order valence-electron chi connectivity index (χ2n) is 7.26. The molecule has 1 atom stereocenters. The standard InChI is InChI=1S/C15H29N3O3S/c1-15(2,11-16)17-22(20,21)13-8-5-9-18(10-13)14(19)12-6-3-4-7-12/h12-13,17H,3-11,16H2,1-2H3. The molecule has 6 nitrogen and oxygen atoms in total. The van der Waals surface area contributed by atoms with E-state index in [-0.39, 0.29) is 18.4 Å². The van der Waals surface area contributed by atoms with Crippen molar-refractivity contribution in [1.29, 1.82) is 0 Å². The Kier molecular flexibility index (Phi) is 5.50. The van der Waals surface area contributed by atoms with E-state index < -0.39 is 20.8 Å².